The minimum Gasteiger partial charge on any atom is -0.507 e. The predicted octanol–water partition coefficient (Wildman–Crippen LogP) is 9.49. The Morgan fingerprint density at radius 1 is 0.769 bits per heavy atom. The van der Waals surface area contributed by atoms with E-state index >= 15 is 0 Å². The van der Waals surface area contributed by atoms with E-state index in [-0.39, 0.29) is 11.3 Å². The van der Waals surface area contributed by atoms with E-state index in [1.54, 1.807) is 41.3 Å². The van der Waals surface area contributed by atoms with E-state index in [0.29, 0.717) is 17.7 Å². The molecule has 1 heterocycles. The molecule has 0 radical (unpaired) electrons. The van der Waals surface area contributed by atoms with E-state index in [0.717, 1.165) is 23.7 Å². The molecule has 1 aliphatic heterocycles. The van der Waals surface area contributed by atoms with Gasteiger partial charge in [0.05, 0.1) is 11.6 Å². The molecule has 0 aliphatic carbocycles. The topological polar surface area (TPSA) is 57.6 Å². The van der Waals surface area contributed by atoms with Crippen LogP contribution < -0.4 is 0 Å². The smallest absolute Gasteiger partial charge is 0.295 e. The van der Waals surface area contributed by atoms with Gasteiger partial charge in [0.15, 0.2) is 0 Å². The van der Waals surface area contributed by atoms with Crippen molar-refractivity contribution < 1.29 is 19.1 Å². The van der Waals surface area contributed by atoms with Crippen molar-refractivity contribution in [3.8, 4) is 0 Å². The Morgan fingerprint density at radius 2 is 1.26 bits per heavy atom. The number of hydrogen-bond donors (Lipinski definition) is 1. The third-order valence-electron chi connectivity index (χ3n) is 7.60. The van der Waals surface area contributed by atoms with Crippen LogP contribution in [0.25, 0.3) is 5.76 Å². The van der Waals surface area contributed by atoms with Gasteiger partial charge in [0.25, 0.3) is 11.7 Å². The van der Waals surface area contributed by atoms with Gasteiger partial charge in [-0.1, -0.05) is 131 Å². The van der Waals surface area contributed by atoms with Crippen LogP contribution in [0.5, 0.6) is 0 Å². The number of ketones is 1. The Morgan fingerprint density at radius 3 is 1.77 bits per heavy atom. The van der Waals surface area contributed by atoms with Gasteiger partial charge in [0, 0.05) is 16.6 Å². The summed E-state index contributed by atoms with van der Waals surface area (Å²) in [5.41, 5.74) is 1.12. The van der Waals surface area contributed by atoms with Gasteiger partial charge < -0.3 is 10.0 Å². The maximum Gasteiger partial charge on any atom is 0.295 e. The van der Waals surface area contributed by atoms with Gasteiger partial charge in [-0.3, -0.25) is 9.59 Å². The highest BCUT2D eigenvalue weighted by Crippen LogP contribution is 2.39. The van der Waals surface area contributed by atoms with E-state index in [4.69, 9.17) is 0 Å². The van der Waals surface area contributed by atoms with E-state index < -0.39 is 23.5 Å². The van der Waals surface area contributed by atoms with Crippen molar-refractivity contribution >= 4 is 33.4 Å². The number of nitrogens with zero attached hydrogens (tertiary/aromatic N) is 1. The van der Waals surface area contributed by atoms with Crippen LogP contribution in [0.3, 0.4) is 0 Å². The first-order chi connectivity index (χ1) is 18.9. The second-order valence-corrected chi connectivity index (χ2v) is 11.6. The summed E-state index contributed by atoms with van der Waals surface area (Å²) < 4.78 is 14.5. The first-order valence-corrected chi connectivity index (χ1v) is 15.5. The third kappa shape index (κ3) is 9.30. The lowest BCUT2D eigenvalue weighted by molar-refractivity contribution is -0.139. The van der Waals surface area contributed by atoms with Gasteiger partial charge in [0.2, 0.25) is 0 Å². The lowest BCUT2D eigenvalue weighted by Gasteiger charge is -2.25. The first-order valence-electron chi connectivity index (χ1n) is 14.7. The van der Waals surface area contributed by atoms with Crippen LogP contribution in [-0.4, -0.2) is 28.2 Å². The average molecular weight is 601 g/mol. The number of unbranched alkanes of at least 4 members (excludes halogenated alkanes) is 13. The third-order valence-corrected chi connectivity index (χ3v) is 8.12. The number of aliphatic hydroxyl groups excluding tert-OH is 1. The molecule has 212 valence electrons. The fourth-order valence-corrected chi connectivity index (χ4v) is 5.61. The zero-order valence-electron chi connectivity index (χ0n) is 23.3. The molecule has 1 amide bonds. The molecule has 0 spiro atoms. The van der Waals surface area contributed by atoms with Crippen molar-refractivity contribution in [2.75, 3.05) is 6.54 Å². The molecule has 0 bridgehead atoms. The number of amides is 1. The van der Waals surface area contributed by atoms with Gasteiger partial charge >= 0.3 is 0 Å². The minimum atomic E-state index is -0.740. The molecule has 1 N–H and O–H groups in total. The molecule has 1 aliphatic rings. The Kier molecular flexibility index (Phi) is 13.2. The number of Topliss-reactive ketones (excluding diaryl/α,β-unsaturated/α-hetero) is 1. The number of carbonyl (C=O) groups is 2. The lowest BCUT2D eigenvalue weighted by atomic mass is 9.95. The standard InChI is InChI=1S/C33H43BrFNO3/c1-2-3-4-5-6-7-8-9-10-11-12-13-14-15-24-36-30(25-18-22-28(35)23-19-25)29(32(38)33(36)39)31(37)26-16-20-27(34)21-17-26/h16-23,30,37H,2-15,24H2,1H3/b31-29+/t30-/m0/s1. The van der Waals surface area contributed by atoms with Crippen molar-refractivity contribution in [1.82, 2.24) is 4.90 Å². The summed E-state index contributed by atoms with van der Waals surface area (Å²) in [6.07, 6.45) is 17.4. The molecular weight excluding hydrogens is 557 g/mol. The fraction of sp³-hybridized carbons (Fsp3) is 0.515. The van der Waals surface area contributed by atoms with E-state index in [9.17, 15) is 19.1 Å². The molecule has 2 aromatic carbocycles. The van der Waals surface area contributed by atoms with E-state index in [1.807, 2.05) is 0 Å². The van der Waals surface area contributed by atoms with Crippen molar-refractivity contribution in [2.45, 2.75) is 103 Å². The molecular formula is C33H43BrFNO3. The summed E-state index contributed by atoms with van der Waals surface area (Å²) in [7, 11) is 0. The molecule has 0 aromatic heterocycles. The van der Waals surface area contributed by atoms with Crippen LogP contribution in [0, 0.1) is 5.82 Å². The van der Waals surface area contributed by atoms with Gasteiger partial charge in [-0.25, -0.2) is 4.39 Å². The number of carbonyl (C=O) groups excluding carboxylic acids is 2. The van der Waals surface area contributed by atoms with Crippen LogP contribution in [0.4, 0.5) is 4.39 Å². The molecule has 1 atom stereocenters. The normalized spacial score (nSPS) is 16.8. The monoisotopic (exact) mass is 599 g/mol. The molecule has 4 nitrogen and oxygen atoms in total. The highest BCUT2D eigenvalue weighted by atomic mass is 79.9. The van der Waals surface area contributed by atoms with Gasteiger partial charge in [0.1, 0.15) is 11.6 Å². The van der Waals surface area contributed by atoms with Crippen LogP contribution in [0.15, 0.2) is 58.6 Å². The van der Waals surface area contributed by atoms with Crippen LogP contribution in [-0.2, 0) is 9.59 Å². The first kappa shape index (κ1) is 31.1. The second-order valence-electron chi connectivity index (χ2n) is 10.6. The quantitative estimate of drug-likeness (QED) is 0.0852. The Balaban J connectivity index is 1.52. The Hall–Kier alpha value is -2.47. The van der Waals surface area contributed by atoms with Crippen molar-refractivity contribution in [3.63, 3.8) is 0 Å². The summed E-state index contributed by atoms with van der Waals surface area (Å²) in [5, 5.41) is 11.1. The molecule has 0 unspecified atom stereocenters. The lowest BCUT2D eigenvalue weighted by Crippen LogP contribution is -2.30. The van der Waals surface area contributed by atoms with Gasteiger partial charge in [-0.15, -0.1) is 0 Å². The van der Waals surface area contributed by atoms with Crippen molar-refractivity contribution in [1.29, 1.82) is 0 Å². The summed E-state index contributed by atoms with van der Waals surface area (Å²) in [6.45, 7) is 2.67. The zero-order valence-corrected chi connectivity index (χ0v) is 24.9. The van der Waals surface area contributed by atoms with Gasteiger partial charge in [-0.2, -0.15) is 0 Å². The summed E-state index contributed by atoms with van der Waals surface area (Å²) in [6, 6.07) is 12.0. The molecule has 1 fully saturated rings. The van der Waals surface area contributed by atoms with Crippen LogP contribution in [0.1, 0.15) is 114 Å². The summed E-state index contributed by atoms with van der Waals surface area (Å²) in [4.78, 5) is 27.7. The largest absolute Gasteiger partial charge is 0.507 e. The molecule has 6 heteroatoms. The van der Waals surface area contributed by atoms with Crippen molar-refractivity contribution in [2.24, 2.45) is 0 Å². The number of hydrogen-bond acceptors (Lipinski definition) is 3. The van der Waals surface area contributed by atoms with Gasteiger partial charge in [-0.05, 0) is 36.2 Å². The maximum absolute atomic E-state index is 13.7. The van der Waals surface area contributed by atoms with Crippen molar-refractivity contribution in [3.05, 3.63) is 75.5 Å². The Labute approximate surface area is 241 Å². The molecule has 3 rings (SSSR count). The number of likely N-dealkylation sites (tertiary alicyclic amines) is 1. The second kappa shape index (κ2) is 16.6. The summed E-state index contributed by atoms with van der Waals surface area (Å²) in [5.74, 6) is -1.91. The fourth-order valence-electron chi connectivity index (χ4n) is 5.34. The molecule has 2 aromatic rings. The molecule has 1 saturated heterocycles. The Bertz CT molecular complexity index is 1080. The van der Waals surface area contributed by atoms with E-state index in [1.165, 1.54) is 82.8 Å². The highest BCUT2D eigenvalue weighted by Gasteiger charge is 2.45. The SMILES string of the molecule is CCCCCCCCCCCCCCCCN1C(=O)C(=O)/C(=C(/O)c2ccc(Br)cc2)[C@@H]1c1ccc(F)cc1. The molecule has 39 heavy (non-hydrogen) atoms. The minimum absolute atomic E-state index is 0.0549. The average Bonchev–Trinajstić information content (AvgIpc) is 3.18. The zero-order chi connectivity index (χ0) is 28.0. The van der Waals surface area contributed by atoms with Crippen LogP contribution in [0.2, 0.25) is 0 Å². The molecule has 0 saturated carbocycles. The number of benzene rings is 2. The highest BCUT2D eigenvalue weighted by molar-refractivity contribution is 9.10. The predicted molar refractivity (Wildman–Crippen MR) is 160 cm³/mol. The van der Waals surface area contributed by atoms with Crippen LogP contribution >= 0.6 is 15.9 Å². The number of aliphatic hydroxyl groups is 1. The van der Waals surface area contributed by atoms with E-state index in [2.05, 4.69) is 22.9 Å². The number of halogens is 2. The number of rotatable bonds is 17. The summed E-state index contributed by atoms with van der Waals surface area (Å²) >= 11 is 3.38. The maximum atomic E-state index is 13.7.